The Bertz CT molecular complexity index is 5770. The fourth-order valence-electron chi connectivity index (χ4n) is 11.9. The van der Waals surface area contributed by atoms with Gasteiger partial charge in [0.2, 0.25) is 40.7 Å². The fraction of sp³-hybridized carbons (Fsp3) is 0.0303. The molecule has 14 rings (SSSR count). The Morgan fingerprint density at radius 1 is 0.225 bits per heavy atom. The van der Waals surface area contributed by atoms with Crippen LogP contribution in [-0.4, -0.2) is 29.9 Å². The molecule has 12 bridgehead atoms. The van der Waals surface area contributed by atoms with Gasteiger partial charge in [-0.25, -0.2) is 138 Å². The number of H-pyrrole nitrogens is 2. The van der Waals surface area contributed by atoms with E-state index in [1.807, 2.05) is 0 Å². The minimum Gasteiger partial charge on any atom is -0.480 e. The molecule has 0 radical (unpaired) electrons. The zero-order valence-electron chi connectivity index (χ0n) is 48.2. The van der Waals surface area contributed by atoms with Crippen molar-refractivity contribution in [3.05, 3.63) is 239 Å². The molecule has 2 N–H and O–H groups in total. The van der Waals surface area contributed by atoms with Crippen molar-refractivity contribution in [3.8, 4) is 72.5 Å². The van der Waals surface area contributed by atoms with Gasteiger partial charge in [0.25, 0.3) is 0 Å². The molecule has 5 aliphatic heterocycles. The summed E-state index contributed by atoms with van der Waals surface area (Å²) in [4.78, 5) is 20.3. The first kappa shape index (κ1) is 67.4. The minimum absolute atomic E-state index is 0.369. The van der Waals surface area contributed by atoms with Crippen LogP contribution in [0.3, 0.4) is 0 Å². The van der Waals surface area contributed by atoms with Crippen LogP contribution in [0.1, 0.15) is 51.7 Å². The molecule has 7 nitrogen and oxygen atoms in total. The highest BCUT2D eigenvalue weighted by molar-refractivity contribution is 6.00. The second-order valence-corrected chi connectivity index (χ2v) is 21.9. The second kappa shape index (κ2) is 23.7. The molecular formula is C66H15F29N6O. The van der Waals surface area contributed by atoms with Gasteiger partial charge in [-0.05, 0) is 60.7 Å². The standard InChI is InChI=1S/C66H15F29N6O/c67-36-30(37(68)48(79)58(89)47(36)78)24-12-1-2-13(96-12)25(31-38(69)49(80)59(90)50(81)39(31)70)15-5-6-17(98-15)27(33-42(73)53(84)61(92)54(85)43(33)74)19-9-10-21(100-19)29-35-46(77)57(88)63(94)64(95)66(35)102-23-11-22(101-65(23)29)28(34-44(75)55(86)62(93)56(87)45(34)76)20-8-7-18(99-20)26(16-4-3-14(24)97-16)32-40(71)51(82)60(91)52(83)41(32)72/h1-10,23,98-99H,11H2. The SMILES string of the molecule is Fc1c(F)c(F)c(-c2c3nc(c(-c4c(F)c(F)c(F)c(F)c4F)c4ccc([nH]4)c(-c4c(F)c(F)c(F)c(F)c4F)c4nc(c5c6nc(c(-c7c(F)c(F)c(F)c(F)c7F)c7ccc([nH]7)c(-c7c(F)c(F)c(F)c(F)c7F)c7nc2C=C7)CC6Oc2c(F)c(F)c(F)c(F)c2-5)C=C4)C=C3)c(F)c1F. The zero-order valence-corrected chi connectivity index (χ0v) is 48.2. The van der Waals surface area contributed by atoms with E-state index in [9.17, 15) is 22.0 Å². The molecule has 1 atom stereocenters. The smallest absolute Gasteiger partial charge is 0.204 e. The lowest BCUT2D eigenvalue weighted by Crippen LogP contribution is -2.17. The molecule has 9 aromatic rings. The van der Waals surface area contributed by atoms with E-state index >= 15 is 105 Å². The molecule has 0 fully saturated rings. The van der Waals surface area contributed by atoms with E-state index in [1.54, 1.807) is 0 Å². The summed E-state index contributed by atoms with van der Waals surface area (Å²) in [7, 11) is 0. The van der Waals surface area contributed by atoms with Gasteiger partial charge in [-0.2, -0.15) is 4.39 Å². The zero-order chi connectivity index (χ0) is 73.5. The first-order valence-electron chi connectivity index (χ1n) is 27.8. The lowest BCUT2D eigenvalue weighted by Gasteiger charge is -2.25. The highest BCUT2D eigenvalue weighted by Gasteiger charge is 2.43. The first-order valence-corrected chi connectivity index (χ1v) is 27.8. The number of hydrogen-bond acceptors (Lipinski definition) is 5. The van der Waals surface area contributed by atoms with Gasteiger partial charge in [0, 0.05) is 61.9 Å². The molecule has 0 aliphatic carbocycles. The molecule has 0 spiro atoms. The van der Waals surface area contributed by atoms with Crippen molar-refractivity contribution in [2.75, 3.05) is 0 Å². The Hall–Kier alpha value is -11.8. The number of aromatic nitrogens is 6. The van der Waals surface area contributed by atoms with Crippen molar-refractivity contribution < 1.29 is 132 Å². The quantitative estimate of drug-likeness (QED) is 0.102. The molecule has 0 saturated heterocycles. The molecule has 0 saturated carbocycles. The Balaban J connectivity index is 1.28. The summed E-state index contributed by atoms with van der Waals surface area (Å²) in [5, 5.41) is 0. The number of fused-ring (bicyclic) bond motifs is 14. The summed E-state index contributed by atoms with van der Waals surface area (Å²) in [6.45, 7) is 0. The van der Waals surface area contributed by atoms with Crippen molar-refractivity contribution in [1.82, 2.24) is 29.9 Å². The van der Waals surface area contributed by atoms with Crippen LogP contribution in [0, 0.1) is 169 Å². The summed E-state index contributed by atoms with van der Waals surface area (Å²) in [5.74, 6) is -83.1. The number of ether oxygens (including phenoxy) is 1. The number of nitrogens with zero attached hydrogens (tertiary/aromatic N) is 4. The average Bonchev–Trinajstić information content (AvgIpc) is 1.51. The molecule has 3 aromatic heterocycles. The largest absolute Gasteiger partial charge is 0.480 e. The van der Waals surface area contributed by atoms with E-state index in [0.717, 1.165) is 0 Å². The number of rotatable bonds is 5. The summed E-state index contributed by atoms with van der Waals surface area (Å²) >= 11 is 0. The van der Waals surface area contributed by atoms with E-state index in [2.05, 4.69) is 29.9 Å². The Kier molecular flexibility index (Phi) is 15.7. The van der Waals surface area contributed by atoms with Gasteiger partial charge < -0.3 is 14.7 Å². The molecule has 1 unspecified atom stereocenters. The lowest BCUT2D eigenvalue weighted by molar-refractivity contribution is 0.192. The Labute approximate surface area is 542 Å². The van der Waals surface area contributed by atoms with Gasteiger partial charge in [0.1, 0.15) is 6.10 Å². The van der Waals surface area contributed by atoms with Gasteiger partial charge >= 0.3 is 0 Å². The average molecular weight is 1460 g/mol. The van der Waals surface area contributed by atoms with Crippen LogP contribution < -0.4 is 4.74 Å². The number of aromatic amines is 2. The Morgan fingerprint density at radius 2 is 0.441 bits per heavy atom. The summed E-state index contributed by atoms with van der Waals surface area (Å²) in [6.07, 6.45) is -1.21. The number of hydrogen-bond donors (Lipinski definition) is 2. The molecule has 6 aromatic carbocycles. The highest BCUT2D eigenvalue weighted by Crippen LogP contribution is 2.53. The van der Waals surface area contributed by atoms with E-state index in [0.29, 0.717) is 60.7 Å². The van der Waals surface area contributed by atoms with Gasteiger partial charge in [-0.3, -0.25) is 4.98 Å². The third-order valence-corrected chi connectivity index (χ3v) is 16.4. The summed E-state index contributed by atoms with van der Waals surface area (Å²) in [6, 6.07) is 1.74. The maximum absolute atomic E-state index is 16.6. The third-order valence-electron chi connectivity index (χ3n) is 16.4. The van der Waals surface area contributed by atoms with Crippen molar-refractivity contribution >= 4 is 58.5 Å². The van der Waals surface area contributed by atoms with Crippen molar-refractivity contribution in [2.24, 2.45) is 0 Å². The van der Waals surface area contributed by atoms with Crippen molar-refractivity contribution in [3.63, 3.8) is 0 Å². The predicted molar refractivity (Wildman–Crippen MR) is 297 cm³/mol. The van der Waals surface area contributed by atoms with Crippen LogP contribution >= 0.6 is 0 Å². The predicted octanol–water partition coefficient (Wildman–Crippen LogP) is 20.2. The summed E-state index contributed by atoms with van der Waals surface area (Å²) < 4.78 is 464. The first-order chi connectivity index (χ1) is 48.2. The van der Waals surface area contributed by atoms with Crippen LogP contribution in [0.5, 0.6) is 5.75 Å². The highest BCUT2D eigenvalue weighted by atomic mass is 19.2. The maximum Gasteiger partial charge on any atom is 0.204 e. The molecule has 0 amide bonds. The number of halogens is 29. The summed E-state index contributed by atoms with van der Waals surface area (Å²) in [5.41, 5.74) is -36.4. The Morgan fingerprint density at radius 3 is 0.735 bits per heavy atom. The van der Waals surface area contributed by atoms with E-state index < -0.39 is 321 Å². The van der Waals surface area contributed by atoms with Crippen molar-refractivity contribution in [1.29, 1.82) is 0 Å². The molecule has 36 heteroatoms. The molecule has 8 heterocycles. The molecule has 102 heavy (non-hydrogen) atoms. The fourth-order valence-corrected chi connectivity index (χ4v) is 11.9. The van der Waals surface area contributed by atoms with Gasteiger partial charge in [0.15, 0.2) is 134 Å². The molecule has 5 aliphatic rings. The van der Waals surface area contributed by atoms with Gasteiger partial charge in [0.05, 0.1) is 78.9 Å². The third kappa shape index (κ3) is 9.55. The van der Waals surface area contributed by atoms with E-state index in [-0.39, 0.29) is 0 Å². The van der Waals surface area contributed by atoms with E-state index in [1.165, 1.54) is 0 Å². The number of benzene rings is 6. The van der Waals surface area contributed by atoms with Crippen LogP contribution in [0.4, 0.5) is 127 Å². The van der Waals surface area contributed by atoms with E-state index in [4.69, 9.17) is 4.74 Å². The van der Waals surface area contributed by atoms with Crippen LogP contribution in [0.2, 0.25) is 0 Å². The second-order valence-electron chi connectivity index (χ2n) is 21.9. The van der Waals surface area contributed by atoms with Crippen LogP contribution in [-0.2, 0) is 6.42 Å². The number of nitrogens with one attached hydrogen (secondary N) is 2. The molecule has 518 valence electrons. The maximum atomic E-state index is 16.6. The molecular weight excluding hydrogens is 1440 g/mol. The van der Waals surface area contributed by atoms with Gasteiger partial charge in [-0.1, -0.05) is 0 Å². The van der Waals surface area contributed by atoms with Crippen LogP contribution in [0.25, 0.3) is 125 Å². The van der Waals surface area contributed by atoms with Crippen molar-refractivity contribution in [2.45, 2.75) is 12.5 Å². The monoisotopic (exact) mass is 1460 g/mol. The topological polar surface area (TPSA) is 92.4 Å². The normalized spacial score (nSPS) is 13.6. The van der Waals surface area contributed by atoms with Crippen LogP contribution in [0.15, 0.2) is 24.3 Å². The lowest BCUT2D eigenvalue weighted by atomic mass is 9.94. The van der Waals surface area contributed by atoms with Gasteiger partial charge in [-0.15, -0.1) is 0 Å². The minimum atomic E-state index is -2.91.